The molecule has 5 nitrogen and oxygen atoms in total. The maximum absolute atomic E-state index is 12.5. The Kier molecular flexibility index (Phi) is 3.53. The number of aromatic nitrogens is 2. The van der Waals surface area contributed by atoms with Gasteiger partial charge in [-0.25, -0.2) is 4.98 Å². The third-order valence-electron chi connectivity index (χ3n) is 3.17. The summed E-state index contributed by atoms with van der Waals surface area (Å²) < 4.78 is 0. The van der Waals surface area contributed by atoms with Gasteiger partial charge in [0.2, 0.25) is 0 Å². The second-order valence-corrected chi connectivity index (χ2v) is 5.68. The fourth-order valence-corrected chi connectivity index (χ4v) is 3.15. The summed E-state index contributed by atoms with van der Waals surface area (Å²) in [6.07, 6.45) is 3.41. The SMILES string of the molecule is CN(Cc1ccccn1)C(=O)c1sc2ncccc2c1N. The van der Waals surface area contributed by atoms with Crippen LogP contribution in [0.15, 0.2) is 42.7 Å². The smallest absolute Gasteiger partial charge is 0.266 e. The second kappa shape index (κ2) is 5.49. The van der Waals surface area contributed by atoms with Gasteiger partial charge in [-0.15, -0.1) is 11.3 Å². The van der Waals surface area contributed by atoms with Crippen molar-refractivity contribution < 1.29 is 4.79 Å². The first kappa shape index (κ1) is 13.5. The molecule has 1 amide bonds. The Morgan fingerprint density at radius 2 is 2.05 bits per heavy atom. The molecule has 2 N–H and O–H groups in total. The number of hydrogen-bond donors (Lipinski definition) is 1. The van der Waals surface area contributed by atoms with Crippen molar-refractivity contribution in [2.75, 3.05) is 12.8 Å². The van der Waals surface area contributed by atoms with E-state index in [4.69, 9.17) is 5.73 Å². The fourth-order valence-electron chi connectivity index (χ4n) is 2.09. The number of nitrogens with zero attached hydrogens (tertiary/aromatic N) is 3. The van der Waals surface area contributed by atoms with E-state index < -0.39 is 0 Å². The first-order valence-electron chi connectivity index (χ1n) is 6.45. The van der Waals surface area contributed by atoms with E-state index in [0.717, 1.165) is 15.9 Å². The van der Waals surface area contributed by atoms with Crippen molar-refractivity contribution in [1.29, 1.82) is 0 Å². The summed E-state index contributed by atoms with van der Waals surface area (Å²) in [5.74, 6) is -0.110. The van der Waals surface area contributed by atoms with Crippen LogP contribution in [0.5, 0.6) is 0 Å². The molecule has 6 heteroatoms. The van der Waals surface area contributed by atoms with E-state index in [0.29, 0.717) is 17.1 Å². The minimum atomic E-state index is -0.110. The van der Waals surface area contributed by atoms with E-state index in [9.17, 15) is 4.79 Å². The number of pyridine rings is 2. The first-order valence-corrected chi connectivity index (χ1v) is 7.27. The average Bonchev–Trinajstić information content (AvgIpc) is 2.85. The van der Waals surface area contributed by atoms with Gasteiger partial charge in [0, 0.05) is 24.8 Å². The molecule has 0 aliphatic heterocycles. The number of fused-ring (bicyclic) bond motifs is 1. The number of anilines is 1. The quantitative estimate of drug-likeness (QED) is 0.806. The van der Waals surface area contributed by atoms with Gasteiger partial charge in [-0.2, -0.15) is 0 Å². The van der Waals surface area contributed by atoms with Crippen molar-refractivity contribution in [1.82, 2.24) is 14.9 Å². The number of rotatable bonds is 3. The van der Waals surface area contributed by atoms with Gasteiger partial charge in [0.05, 0.1) is 17.9 Å². The lowest BCUT2D eigenvalue weighted by Gasteiger charge is -2.16. The van der Waals surface area contributed by atoms with Gasteiger partial charge in [-0.3, -0.25) is 9.78 Å². The first-order chi connectivity index (χ1) is 10.2. The van der Waals surface area contributed by atoms with Gasteiger partial charge >= 0.3 is 0 Å². The zero-order chi connectivity index (χ0) is 14.8. The molecule has 3 rings (SSSR count). The van der Waals surface area contributed by atoms with E-state index in [1.807, 2.05) is 30.3 Å². The molecule has 0 bridgehead atoms. The van der Waals surface area contributed by atoms with Crippen molar-refractivity contribution in [3.8, 4) is 0 Å². The van der Waals surface area contributed by atoms with Crippen LogP contribution in [0.2, 0.25) is 0 Å². The van der Waals surface area contributed by atoms with Gasteiger partial charge < -0.3 is 10.6 Å². The molecule has 3 heterocycles. The molecule has 0 saturated carbocycles. The lowest BCUT2D eigenvalue weighted by Crippen LogP contribution is -2.26. The van der Waals surface area contributed by atoms with Crippen LogP contribution in [0.4, 0.5) is 5.69 Å². The topological polar surface area (TPSA) is 72.1 Å². The monoisotopic (exact) mass is 298 g/mol. The van der Waals surface area contributed by atoms with Crippen LogP contribution in [0.3, 0.4) is 0 Å². The lowest BCUT2D eigenvalue weighted by atomic mass is 10.2. The second-order valence-electron chi connectivity index (χ2n) is 4.68. The number of carbonyl (C=O) groups excluding carboxylic acids is 1. The number of nitrogen functional groups attached to an aromatic ring is 1. The van der Waals surface area contributed by atoms with Crippen molar-refractivity contribution >= 4 is 33.1 Å². The normalized spacial score (nSPS) is 10.7. The predicted molar refractivity (Wildman–Crippen MR) is 84.1 cm³/mol. The molecule has 0 aliphatic carbocycles. The van der Waals surface area contributed by atoms with Crippen LogP contribution >= 0.6 is 11.3 Å². The minimum absolute atomic E-state index is 0.110. The van der Waals surface area contributed by atoms with Crippen LogP contribution in [0, 0.1) is 0 Å². The highest BCUT2D eigenvalue weighted by molar-refractivity contribution is 7.21. The molecule has 21 heavy (non-hydrogen) atoms. The number of carbonyl (C=O) groups is 1. The van der Waals surface area contributed by atoms with Crippen molar-refractivity contribution in [3.63, 3.8) is 0 Å². The number of hydrogen-bond acceptors (Lipinski definition) is 5. The molecule has 0 unspecified atom stereocenters. The molecule has 0 saturated heterocycles. The van der Waals surface area contributed by atoms with Gasteiger partial charge in [0.25, 0.3) is 5.91 Å². The molecular weight excluding hydrogens is 284 g/mol. The van der Waals surface area contributed by atoms with Crippen LogP contribution in [-0.4, -0.2) is 27.8 Å². The maximum atomic E-state index is 12.5. The van der Waals surface area contributed by atoms with Gasteiger partial charge in [0.1, 0.15) is 9.71 Å². The third kappa shape index (κ3) is 2.57. The zero-order valence-electron chi connectivity index (χ0n) is 11.5. The zero-order valence-corrected chi connectivity index (χ0v) is 12.3. The van der Waals surface area contributed by atoms with Gasteiger partial charge in [0.15, 0.2) is 0 Å². The van der Waals surface area contributed by atoms with Crippen LogP contribution < -0.4 is 5.73 Å². The van der Waals surface area contributed by atoms with E-state index in [1.54, 1.807) is 24.3 Å². The van der Waals surface area contributed by atoms with Gasteiger partial charge in [-0.1, -0.05) is 6.07 Å². The Labute approximate surface area is 126 Å². The molecule has 0 radical (unpaired) electrons. The Bertz CT molecular complexity index is 785. The molecular formula is C15H14N4OS. The van der Waals surface area contributed by atoms with Crippen LogP contribution in [0.25, 0.3) is 10.2 Å². The van der Waals surface area contributed by atoms with Crippen molar-refractivity contribution in [3.05, 3.63) is 53.3 Å². The van der Waals surface area contributed by atoms with E-state index in [1.165, 1.54) is 11.3 Å². The van der Waals surface area contributed by atoms with Gasteiger partial charge in [-0.05, 0) is 24.3 Å². The Morgan fingerprint density at radius 1 is 1.24 bits per heavy atom. The summed E-state index contributed by atoms with van der Waals surface area (Å²) in [6, 6.07) is 9.33. The molecule has 0 aromatic carbocycles. The summed E-state index contributed by atoms with van der Waals surface area (Å²) in [5.41, 5.74) is 7.42. The van der Waals surface area contributed by atoms with E-state index in [2.05, 4.69) is 9.97 Å². The third-order valence-corrected chi connectivity index (χ3v) is 4.29. The summed E-state index contributed by atoms with van der Waals surface area (Å²) in [5, 5.41) is 0.831. The minimum Gasteiger partial charge on any atom is -0.397 e. The number of amides is 1. The molecule has 106 valence electrons. The molecule has 3 aromatic heterocycles. The fraction of sp³-hybridized carbons (Fsp3) is 0.133. The molecule has 0 atom stereocenters. The Balaban J connectivity index is 1.88. The van der Waals surface area contributed by atoms with E-state index >= 15 is 0 Å². The highest BCUT2D eigenvalue weighted by Crippen LogP contribution is 2.32. The summed E-state index contributed by atoms with van der Waals surface area (Å²) >= 11 is 1.32. The Hall–Kier alpha value is -2.47. The summed E-state index contributed by atoms with van der Waals surface area (Å²) in [7, 11) is 1.74. The molecule has 3 aromatic rings. The maximum Gasteiger partial charge on any atom is 0.266 e. The molecule has 0 fully saturated rings. The number of thiophene rings is 1. The largest absolute Gasteiger partial charge is 0.397 e. The average molecular weight is 298 g/mol. The predicted octanol–water partition coefficient (Wildman–Crippen LogP) is 2.55. The van der Waals surface area contributed by atoms with E-state index in [-0.39, 0.29) is 5.91 Å². The highest BCUT2D eigenvalue weighted by Gasteiger charge is 2.20. The van der Waals surface area contributed by atoms with Crippen molar-refractivity contribution in [2.45, 2.75) is 6.54 Å². The standard InChI is InChI=1S/C15H14N4OS/c1-19(9-10-5-2-3-7-17-10)15(20)13-12(16)11-6-4-8-18-14(11)21-13/h2-8H,9,16H2,1H3. The van der Waals surface area contributed by atoms with Crippen LogP contribution in [-0.2, 0) is 6.54 Å². The molecule has 0 spiro atoms. The van der Waals surface area contributed by atoms with Crippen molar-refractivity contribution in [2.24, 2.45) is 0 Å². The lowest BCUT2D eigenvalue weighted by molar-refractivity contribution is 0.0789. The summed E-state index contributed by atoms with van der Waals surface area (Å²) in [6.45, 7) is 0.445. The molecule has 0 aliphatic rings. The van der Waals surface area contributed by atoms with Crippen LogP contribution in [0.1, 0.15) is 15.4 Å². The Morgan fingerprint density at radius 3 is 2.76 bits per heavy atom. The number of nitrogens with two attached hydrogens (primary N) is 1. The summed E-state index contributed by atoms with van der Waals surface area (Å²) in [4.78, 5) is 23.9. The highest BCUT2D eigenvalue weighted by atomic mass is 32.1.